The van der Waals surface area contributed by atoms with Crippen molar-refractivity contribution < 1.29 is 10.0 Å². The summed E-state index contributed by atoms with van der Waals surface area (Å²) in [5, 5.41) is 23.8. The number of nitrogens with two attached hydrogens (primary N) is 1. The number of hydrogen-bond donors (Lipinski definition) is 3. The minimum Gasteiger partial charge on any atom is -0.502 e. The summed E-state index contributed by atoms with van der Waals surface area (Å²) in [6.45, 7) is 0. The van der Waals surface area contributed by atoms with Crippen LogP contribution in [0.15, 0.2) is 21.7 Å². The Hall–Kier alpha value is -1.74. The molecule has 0 aromatic heterocycles. The number of hydrazone groups is 1. The predicted molar refractivity (Wildman–Crippen MR) is 70.0 cm³/mol. The van der Waals surface area contributed by atoms with Gasteiger partial charge in [-0.1, -0.05) is 15.9 Å². The second-order valence-electron chi connectivity index (χ2n) is 2.85. The third-order valence-electron chi connectivity index (χ3n) is 1.66. The molecule has 0 radical (unpaired) electrons. The van der Waals surface area contributed by atoms with Gasteiger partial charge in [0.25, 0.3) is 0 Å². The van der Waals surface area contributed by atoms with Crippen molar-refractivity contribution in [1.82, 2.24) is 5.43 Å². The highest BCUT2D eigenvalue weighted by molar-refractivity contribution is 9.10. The average molecular weight is 319 g/mol. The molecule has 9 heteroatoms. The number of phenolic OH excluding ortho intramolecular Hbond substituents is 1. The van der Waals surface area contributed by atoms with Crippen molar-refractivity contribution in [2.24, 2.45) is 10.8 Å². The van der Waals surface area contributed by atoms with Crippen molar-refractivity contribution in [2.75, 3.05) is 0 Å². The zero-order valence-electron chi connectivity index (χ0n) is 8.25. The van der Waals surface area contributed by atoms with Crippen LogP contribution in [0, 0.1) is 10.1 Å². The van der Waals surface area contributed by atoms with Gasteiger partial charge >= 0.3 is 5.69 Å². The van der Waals surface area contributed by atoms with Crippen molar-refractivity contribution in [3.05, 3.63) is 32.3 Å². The van der Waals surface area contributed by atoms with Crippen molar-refractivity contribution in [2.45, 2.75) is 0 Å². The number of halogens is 1. The summed E-state index contributed by atoms with van der Waals surface area (Å²) in [6.07, 6.45) is 1.17. The van der Waals surface area contributed by atoms with E-state index in [0.29, 0.717) is 4.47 Å². The van der Waals surface area contributed by atoms with Gasteiger partial charge in [0.1, 0.15) is 0 Å². The maximum absolute atomic E-state index is 10.6. The lowest BCUT2D eigenvalue weighted by molar-refractivity contribution is -0.385. The third kappa shape index (κ3) is 3.64. The predicted octanol–water partition coefficient (Wildman–Crippen LogP) is 1.23. The number of rotatable bonds is 3. The lowest BCUT2D eigenvalue weighted by atomic mass is 10.2. The second-order valence-corrected chi connectivity index (χ2v) is 4.21. The van der Waals surface area contributed by atoms with E-state index < -0.39 is 16.4 Å². The van der Waals surface area contributed by atoms with E-state index in [9.17, 15) is 15.2 Å². The number of phenols is 1. The lowest BCUT2D eigenvalue weighted by Gasteiger charge is -2.01. The highest BCUT2D eigenvalue weighted by atomic mass is 79.9. The van der Waals surface area contributed by atoms with E-state index in [1.165, 1.54) is 18.3 Å². The van der Waals surface area contributed by atoms with E-state index in [1.807, 2.05) is 0 Å². The monoisotopic (exact) mass is 318 g/mol. The molecule has 0 aliphatic rings. The number of nitro groups is 1. The summed E-state index contributed by atoms with van der Waals surface area (Å²) in [6, 6.07) is 2.65. The number of aromatic hydroxyl groups is 1. The van der Waals surface area contributed by atoms with Crippen LogP contribution in [0.5, 0.6) is 5.75 Å². The van der Waals surface area contributed by atoms with Crippen molar-refractivity contribution in [3.63, 3.8) is 0 Å². The van der Waals surface area contributed by atoms with Gasteiger partial charge in [0, 0.05) is 16.1 Å². The highest BCUT2D eigenvalue weighted by Gasteiger charge is 2.17. The van der Waals surface area contributed by atoms with Crippen molar-refractivity contribution >= 4 is 45.2 Å². The van der Waals surface area contributed by atoms with E-state index in [0.717, 1.165) is 0 Å². The molecular formula is C8H7BrN4O3S. The van der Waals surface area contributed by atoms with Gasteiger partial charge in [-0.25, -0.2) is 0 Å². The van der Waals surface area contributed by atoms with Gasteiger partial charge < -0.3 is 10.8 Å². The molecule has 0 aliphatic carbocycles. The number of nitrogens with zero attached hydrogens (tertiary/aromatic N) is 2. The Morgan fingerprint density at radius 2 is 2.35 bits per heavy atom. The first kappa shape index (κ1) is 13.3. The SMILES string of the molecule is NC(=S)N/N=C/c1cc(Br)cc([N+](=O)[O-])c1O. The Morgan fingerprint density at radius 1 is 1.71 bits per heavy atom. The van der Waals surface area contributed by atoms with Gasteiger partial charge in [-0.15, -0.1) is 0 Å². The van der Waals surface area contributed by atoms with Gasteiger partial charge in [0.15, 0.2) is 5.11 Å². The molecule has 90 valence electrons. The Kier molecular flexibility index (Phi) is 4.35. The maximum Gasteiger partial charge on any atom is 0.312 e. The van der Waals surface area contributed by atoms with Crippen LogP contribution < -0.4 is 11.2 Å². The second kappa shape index (κ2) is 5.55. The Morgan fingerprint density at radius 3 is 2.88 bits per heavy atom. The molecule has 0 saturated heterocycles. The molecule has 0 heterocycles. The first-order chi connectivity index (χ1) is 7.91. The zero-order valence-corrected chi connectivity index (χ0v) is 10.7. The Bertz CT molecular complexity index is 506. The fraction of sp³-hybridized carbons (Fsp3) is 0. The normalized spacial score (nSPS) is 10.4. The molecule has 0 amide bonds. The van der Waals surface area contributed by atoms with Gasteiger partial charge in [0.2, 0.25) is 5.75 Å². The standard InChI is InChI=1S/C8H7BrN4O3S/c9-5-1-4(3-11-12-8(10)17)7(14)6(2-5)13(15)16/h1-3,14H,(H3,10,12,17)/b11-3+. The van der Waals surface area contributed by atoms with Crippen LogP contribution in [-0.4, -0.2) is 21.4 Å². The van der Waals surface area contributed by atoms with Crippen LogP contribution in [0.3, 0.4) is 0 Å². The summed E-state index contributed by atoms with van der Waals surface area (Å²) in [5.74, 6) is -0.480. The lowest BCUT2D eigenvalue weighted by Crippen LogP contribution is -2.24. The smallest absolute Gasteiger partial charge is 0.312 e. The molecule has 0 bridgehead atoms. The van der Waals surface area contributed by atoms with Crippen LogP contribution in [-0.2, 0) is 0 Å². The summed E-state index contributed by atoms with van der Waals surface area (Å²) < 4.78 is 0.443. The zero-order chi connectivity index (χ0) is 13.0. The van der Waals surface area contributed by atoms with E-state index >= 15 is 0 Å². The summed E-state index contributed by atoms with van der Waals surface area (Å²) in [5.41, 5.74) is 7.14. The molecule has 17 heavy (non-hydrogen) atoms. The maximum atomic E-state index is 10.6. The van der Waals surface area contributed by atoms with Crippen LogP contribution in [0.4, 0.5) is 5.69 Å². The van der Waals surface area contributed by atoms with Crippen LogP contribution in [0.25, 0.3) is 0 Å². The minimum atomic E-state index is -0.696. The van der Waals surface area contributed by atoms with Crippen molar-refractivity contribution in [3.8, 4) is 5.75 Å². The molecule has 0 spiro atoms. The number of nitrogens with one attached hydrogen (secondary N) is 1. The van der Waals surface area contributed by atoms with Gasteiger partial charge in [-0.3, -0.25) is 15.5 Å². The summed E-state index contributed by atoms with van der Waals surface area (Å²) >= 11 is 7.60. The molecule has 0 saturated carbocycles. The molecule has 1 aromatic carbocycles. The van der Waals surface area contributed by atoms with Gasteiger partial charge in [0.05, 0.1) is 11.1 Å². The van der Waals surface area contributed by atoms with E-state index in [4.69, 9.17) is 5.73 Å². The Labute approximate surface area is 110 Å². The number of nitro benzene ring substituents is 1. The minimum absolute atomic E-state index is 0.0507. The third-order valence-corrected chi connectivity index (χ3v) is 2.21. The van der Waals surface area contributed by atoms with E-state index in [2.05, 4.69) is 38.7 Å². The van der Waals surface area contributed by atoms with E-state index in [1.54, 1.807) is 0 Å². The number of thiocarbonyl (C=S) groups is 1. The van der Waals surface area contributed by atoms with Crippen LogP contribution >= 0.6 is 28.1 Å². The molecule has 4 N–H and O–H groups in total. The molecule has 0 aliphatic heterocycles. The van der Waals surface area contributed by atoms with E-state index in [-0.39, 0.29) is 10.7 Å². The molecular weight excluding hydrogens is 312 g/mol. The summed E-state index contributed by atoms with van der Waals surface area (Å²) in [7, 11) is 0. The first-order valence-electron chi connectivity index (χ1n) is 4.17. The first-order valence-corrected chi connectivity index (χ1v) is 5.37. The topological polar surface area (TPSA) is 114 Å². The quantitative estimate of drug-likeness (QED) is 0.334. The van der Waals surface area contributed by atoms with Crippen molar-refractivity contribution in [1.29, 1.82) is 0 Å². The van der Waals surface area contributed by atoms with Gasteiger partial charge in [-0.2, -0.15) is 5.10 Å². The molecule has 7 nitrogen and oxygen atoms in total. The number of benzene rings is 1. The fourth-order valence-electron chi connectivity index (χ4n) is 1.01. The largest absolute Gasteiger partial charge is 0.502 e. The van der Waals surface area contributed by atoms with Gasteiger partial charge in [-0.05, 0) is 18.3 Å². The molecule has 0 fully saturated rings. The Balaban J connectivity index is 3.11. The molecule has 1 aromatic rings. The van der Waals surface area contributed by atoms with Crippen LogP contribution in [0.2, 0.25) is 0 Å². The number of hydrogen-bond acceptors (Lipinski definition) is 5. The average Bonchev–Trinajstić information content (AvgIpc) is 2.21. The molecule has 0 unspecified atom stereocenters. The highest BCUT2D eigenvalue weighted by Crippen LogP contribution is 2.32. The van der Waals surface area contributed by atoms with Crippen LogP contribution in [0.1, 0.15) is 5.56 Å². The fourth-order valence-corrected chi connectivity index (χ4v) is 1.52. The molecule has 0 atom stereocenters. The summed E-state index contributed by atoms with van der Waals surface area (Å²) in [4.78, 5) is 9.94. The molecule has 1 rings (SSSR count).